The van der Waals surface area contributed by atoms with Crippen molar-refractivity contribution < 1.29 is 4.79 Å². The van der Waals surface area contributed by atoms with Gasteiger partial charge in [0.1, 0.15) is 5.82 Å². The lowest BCUT2D eigenvalue weighted by atomic mass is 10.1. The van der Waals surface area contributed by atoms with Gasteiger partial charge in [0.15, 0.2) is 0 Å². The van der Waals surface area contributed by atoms with E-state index in [0.717, 1.165) is 22.4 Å². The number of hydrogen-bond acceptors (Lipinski definition) is 3. The van der Waals surface area contributed by atoms with Gasteiger partial charge in [0, 0.05) is 24.2 Å². The van der Waals surface area contributed by atoms with Crippen molar-refractivity contribution in [2.24, 2.45) is 11.5 Å². The zero-order chi connectivity index (χ0) is 15.7. The molecule has 0 bridgehead atoms. The summed E-state index contributed by atoms with van der Waals surface area (Å²) in [5, 5.41) is 0. The number of fused-ring (bicyclic) bond motifs is 1. The fourth-order valence-corrected chi connectivity index (χ4v) is 2.56. The predicted molar refractivity (Wildman–Crippen MR) is 87.5 cm³/mol. The van der Waals surface area contributed by atoms with Crippen molar-refractivity contribution in [3.8, 4) is 11.4 Å². The van der Waals surface area contributed by atoms with Crippen LogP contribution < -0.4 is 11.5 Å². The van der Waals surface area contributed by atoms with Crippen molar-refractivity contribution in [2.45, 2.75) is 13.5 Å². The molecule has 0 radical (unpaired) electrons. The van der Waals surface area contributed by atoms with Crippen LogP contribution in [-0.4, -0.2) is 22.0 Å². The van der Waals surface area contributed by atoms with Gasteiger partial charge in [-0.25, -0.2) is 4.98 Å². The Kier molecular flexibility index (Phi) is 3.65. The number of amides is 1. The Bertz CT molecular complexity index is 834. The van der Waals surface area contributed by atoms with Crippen LogP contribution >= 0.6 is 0 Å². The maximum absolute atomic E-state index is 11.3. The van der Waals surface area contributed by atoms with E-state index in [2.05, 4.69) is 21.7 Å². The van der Waals surface area contributed by atoms with Crippen molar-refractivity contribution in [3.05, 3.63) is 53.6 Å². The van der Waals surface area contributed by atoms with Gasteiger partial charge >= 0.3 is 0 Å². The maximum Gasteiger partial charge on any atom is 0.248 e. The summed E-state index contributed by atoms with van der Waals surface area (Å²) in [5.41, 5.74) is 15.5. The number of nitrogens with zero attached hydrogens (tertiary/aromatic N) is 2. The van der Waals surface area contributed by atoms with Crippen LogP contribution in [0.25, 0.3) is 22.4 Å². The van der Waals surface area contributed by atoms with Gasteiger partial charge in [0.05, 0.1) is 11.0 Å². The topological polar surface area (TPSA) is 86.9 Å². The Labute approximate surface area is 128 Å². The third-order valence-corrected chi connectivity index (χ3v) is 3.70. The first-order chi connectivity index (χ1) is 10.6. The molecule has 0 aliphatic heterocycles. The fourth-order valence-electron chi connectivity index (χ4n) is 2.56. The quantitative estimate of drug-likeness (QED) is 0.772. The van der Waals surface area contributed by atoms with Crippen LogP contribution in [0.15, 0.2) is 42.5 Å². The van der Waals surface area contributed by atoms with Gasteiger partial charge in [-0.3, -0.25) is 4.79 Å². The van der Waals surface area contributed by atoms with E-state index < -0.39 is 5.91 Å². The highest BCUT2D eigenvalue weighted by molar-refractivity contribution is 5.96. The molecular weight excluding hydrogens is 276 g/mol. The van der Waals surface area contributed by atoms with Crippen LogP contribution in [-0.2, 0) is 6.54 Å². The number of nitrogens with two attached hydrogens (primary N) is 2. The maximum atomic E-state index is 11.3. The molecule has 0 saturated carbocycles. The van der Waals surface area contributed by atoms with Crippen LogP contribution in [0.5, 0.6) is 0 Å². The molecular formula is C17H18N4O. The molecule has 22 heavy (non-hydrogen) atoms. The molecule has 1 heterocycles. The van der Waals surface area contributed by atoms with E-state index in [9.17, 15) is 4.79 Å². The van der Waals surface area contributed by atoms with Crippen molar-refractivity contribution in [3.63, 3.8) is 0 Å². The molecule has 5 heteroatoms. The van der Waals surface area contributed by atoms with E-state index in [1.54, 1.807) is 12.1 Å². The van der Waals surface area contributed by atoms with Crippen molar-refractivity contribution in [1.82, 2.24) is 9.55 Å². The minimum atomic E-state index is -0.452. The first-order valence-electron chi connectivity index (χ1n) is 7.17. The number of hydrogen-bond donors (Lipinski definition) is 2. The van der Waals surface area contributed by atoms with E-state index in [4.69, 9.17) is 11.5 Å². The van der Waals surface area contributed by atoms with Crippen LogP contribution in [0, 0.1) is 6.92 Å². The number of rotatable bonds is 4. The summed E-state index contributed by atoms with van der Waals surface area (Å²) in [4.78, 5) is 16.0. The highest BCUT2D eigenvalue weighted by Crippen LogP contribution is 2.25. The molecule has 4 N–H and O–H groups in total. The number of benzene rings is 2. The Hall–Kier alpha value is -2.66. The molecule has 5 nitrogen and oxygen atoms in total. The molecule has 3 aromatic rings. The summed E-state index contributed by atoms with van der Waals surface area (Å²) in [6.07, 6.45) is 0. The van der Waals surface area contributed by atoms with Gasteiger partial charge in [0.2, 0.25) is 5.91 Å². The molecule has 0 aliphatic carbocycles. The number of primary amides is 1. The van der Waals surface area contributed by atoms with E-state index in [-0.39, 0.29) is 0 Å². The second-order valence-corrected chi connectivity index (χ2v) is 5.31. The summed E-state index contributed by atoms with van der Waals surface area (Å²) >= 11 is 0. The summed E-state index contributed by atoms with van der Waals surface area (Å²) < 4.78 is 2.07. The largest absolute Gasteiger partial charge is 0.366 e. The van der Waals surface area contributed by atoms with Gasteiger partial charge in [-0.15, -0.1) is 0 Å². The molecule has 0 saturated heterocycles. The zero-order valence-electron chi connectivity index (χ0n) is 12.4. The number of aromatic nitrogens is 2. The molecule has 0 unspecified atom stereocenters. The molecule has 0 spiro atoms. The van der Waals surface area contributed by atoms with E-state index in [0.29, 0.717) is 18.7 Å². The Morgan fingerprint density at radius 3 is 2.55 bits per heavy atom. The predicted octanol–water partition coefficient (Wildman–Crippen LogP) is 2.07. The first-order valence-corrected chi connectivity index (χ1v) is 7.17. The van der Waals surface area contributed by atoms with E-state index >= 15 is 0 Å². The van der Waals surface area contributed by atoms with Gasteiger partial charge < -0.3 is 16.0 Å². The summed E-state index contributed by atoms with van der Waals surface area (Å²) in [6, 6.07) is 13.5. The second kappa shape index (κ2) is 5.61. The second-order valence-electron chi connectivity index (χ2n) is 5.31. The Morgan fingerprint density at radius 1 is 1.18 bits per heavy atom. The Morgan fingerprint density at radius 2 is 1.91 bits per heavy atom. The lowest BCUT2D eigenvalue weighted by Crippen LogP contribution is -2.12. The minimum Gasteiger partial charge on any atom is -0.366 e. The van der Waals surface area contributed by atoms with E-state index in [1.807, 2.05) is 25.1 Å². The lowest BCUT2D eigenvalue weighted by molar-refractivity contribution is 0.100. The van der Waals surface area contributed by atoms with Gasteiger partial charge in [-0.05, 0) is 25.1 Å². The monoisotopic (exact) mass is 294 g/mol. The number of imidazole rings is 1. The molecule has 2 aromatic carbocycles. The number of carbonyl (C=O) groups excluding carboxylic acids is 1. The molecule has 1 amide bonds. The average molecular weight is 294 g/mol. The van der Waals surface area contributed by atoms with Crippen LogP contribution in [0.3, 0.4) is 0 Å². The normalized spacial score (nSPS) is 11.0. The zero-order valence-corrected chi connectivity index (χ0v) is 12.4. The third kappa shape index (κ3) is 2.46. The smallest absolute Gasteiger partial charge is 0.248 e. The summed E-state index contributed by atoms with van der Waals surface area (Å²) in [7, 11) is 0. The number of carbonyl (C=O) groups is 1. The third-order valence-electron chi connectivity index (χ3n) is 3.70. The Balaban J connectivity index is 2.21. The molecule has 1 aromatic heterocycles. The minimum absolute atomic E-state index is 0.452. The molecule has 0 atom stereocenters. The van der Waals surface area contributed by atoms with Gasteiger partial charge in [0.25, 0.3) is 0 Å². The molecule has 0 fully saturated rings. The number of aryl methyl sites for hydroxylation is 1. The van der Waals surface area contributed by atoms with Crippen LogP contribution in [0.1, 0.15) is 15.9 Å². The fraction of sp³-hybridized carbons (Fsp3) is 0.176. The lowest BCUT2D eigenvalue weighted by Gasteiger charge is -2.08. The molecule has 0 aliphatic rings. The SMILES string of the molecule is Cc1ccc(-c2nc3cc(C(N)=O)ccc3n2CCN)cc1. The van der Waals surface area contributed by atoms with Gasteiger partial charge in [-0.2, -0.15) is 0 Å². The van der Waals surface area contributed by atoms with E-state index in [1.165, 1.54) is 5.56 Å². The highest BCUT2D eigenvalue weighted by Gasteiger charge is 2.13. The summed E-state index contributed by atoms with van der Waals surface area (Å²) in [5.74, 6) is 0.397. The molecule has 112 valence electrons. The average Bonchev–Trinajstić information content (AvgIpc) is 2.86. The van der Waals surface area contributed by atoms with Crippen molar-refractivity contribution in [1.29, 1.82) is 0 Å². The highest BCUT2D eigenvalue weighted by atomic mass is 16.1. The van der Waals surface area contributed by atoms with Crippen LogP contribution in [0.2, 0.25) is 0 Å². The molecule has 3 rings (SSSR count). The van der Waals surface area contributed by atoms with Crippen LogP contribution in [0.4, 0.5) is 0 Å². The van der Waals surface area contributed by atoms with Crippen molar-refractivity contribution >= 4 is 16.9 Å². The first kappa shape index (κ1) is 14.3. The standard InChI is InChI=1S/C17H18N4O/c1-11-2-4-12(5-3-11)17-20-14-10-13(16(19)22)6-7-15(14)21(17)9-8-18/h2-7,10H,8-9,18H2,1H3,(H2,19,22). The van der Waals surface area contributed by atoms with Gasteiger partial charge in [-0.1, -0.05) is 29.8 Å². The summed E-state index contributed by atoms with van der Waals surface area (Å²) in [6.45, 7) is 3.23. The van der Waals surface area contributed by atoms with Crippen molar-refractivity contribution in [2.75, 3.05) is 6.54 Å².